The van der Waals surface area contributed by atoms with Crippen LogP contribution in [0, 0.1) is 0 Å². The average molecular weight is 348 g/mol. The predicted octanol–water partition coefficient (Wildman–Crippen LogP) is 3.79. The standard InChI is InChI=1S/C18H21O5P/c1-3-23-24(20,21)13-16-6-4-14(5-7-16)12-15-8-10-17(11-9-15)18(19)22-2/h4-11H,3,12-13H2,1-2H3,(H,20,21). The molecule has 2 aromatic rings. The molecule has 1 N–H and O–H groups in total. The van der Waals surface area contributed by atoms with Gasteiger partial charge in [0.05, 0.1) is 25.4 Å². The first-order chi connectivity index (χ1) is 11.4. The molecule has 0 saturated carbocycles. The first-order valence-electron chi connectivity index (χ1n) is 7.65. The first-order valence-corrected chi connectivity index (χ1v) is 9.41. The third-order valence-electron chi connectivity index (χ3n) is 3.52. The second kappa shape index (κ2) is 8.25. The molecular weight excluding hydrogens is 327 g/mol. The van der Waals surface area contributed by atoms with E-state index >= 15 is 0 Å². The number of carbonyl (C=O) groups is 1. The van der Waals surface area contributed by atoms with E-state index in [-0.39, 0.29) is 18.7 Å². The van der Waals surface area contributed by atoms with Gasteiger partial charge >= 0.3 is 13.6 Å². The molecule has 1 unspecified atom stereocenters. The fourth-order valence-corrected chi connectivity index (χ4v) is 3.52. The van der Waals surface area contributed by atoms with Gasteiger partial charge in [0.25, 0.3) is 0 Å². The van der Waals surface area contributed by atoms with Gasteiger partial charge in [-0.25, -0.2) is 4.79 Å². The summed E-state index contributed by atoms with van der Waals surface area (Å²) in [4.78, 5) is 21.1. The number of methoxy groups -OCH3 is 1. The third-order valence-corrected chi connectivity index (χ3v) is 4.95. The minimum Gasteiger partial charge on any atom is -0.465 e. The van der Waals surface area contributed by atoms with Crippen molar-refractivity contribution < 1.29 is 23.5 Å². The van der Waals surface area contributed by atoms with Gasteiger partial charge in [-0.05, 0) is 42.2 Å². The number of hydrogen-bond acceptors (Lipinski definition) is 4. The lowest BCUT2D eigenvalue weighted by Gasteiger charge is -2.11. The van der Waals surface area contributed by atoms with Gasteiger partial charge in [0.1, 0.15) is 0 Å². The molecule has 24 heavy (non-hydrogen) atoms. The van der Waals surface area contributed by atoms with Crippen LogP contribution in [0.15, 0.2) is 48.5 Å². The summed E-state index contributed by atoms with van der Waals surface area (Å²) < 4.78 is 21.3. The molecule has 0 saturated heterocycles. The van der Waals surface area contributed by atoms with Gasteiger partial charge in [0.2, 0.25) is 0 Å². The van der Waals surface area contributed by atoms with E-state index in [1.807, 2.05) is 36.4 Å². The zero-order chi connectivity index (χ0) is 17.6. The Balaban J connectivity index is 2.01. The van der Waals surface area contributed by atoms with Crippen LogP contribution in [0.5, 0.6) is 0 Å². The summed E-state index contributed by atoms with van der Waals surface area (Å²) >= 11 is 0. The Bertz CT molecular complexity index is 722. The Hall–Kier alpha value is -1.94. The lowest BCUT2D eigenvalue weighted by molar-refractivity contribution is 0.0600. The molecule has 0 radical (unpaired) electrons. The number of carbonyl (C=O) groups excluding carboxylic acids is 1. The molecule has 1 atom stereocenters. The molecule has 0 aliphatic carbocycles. The Labute approximate surface area is 141 Å². The summed E-state index contributed by atoms with van der Waals surface area (Å²) in [5.74, 6) is -0.353. The minimum absolute atomic E-state index is 0.00888. The van der Waals surface area contributed by atoms with Crippen molar-refractivity contribution in [2.24, 2.45) is 0 Å². The average Bonchev–Trinajstić information content (AvgIpc) is 2.56. The van der Waals surface area contributed by atoms with E-state index in [2.05, 4.69) is 4.74 Å². The van der Waals surface area contributed by atoms with Gasteiger partial charge in [0, 0.05) is 0 Å². The van der Waals surface area contributed by atoms with Crippen molar-refractivity contribution in [1.29, 1.82) is 0 Å². The highest BCUT2D eigenvalue weighted by atomic mass is 31.2. The van der Waals surface area contributed by atoms with Crippen molar-refractivity contribution in [1.82, 2.24) is 0 Å². The maximum Gasteiger partial charge on any atom is 0.337 e. The SMILES string of the molecule is CCOP(=O)(O)Cc1ccc(Cc2ccc(C(=O)OC)cc2)cc1. The van der Waals surface area contributed by atoms with Crippen LogP contribution in [0.1, 0.15) is 34.0 Å². The van der Waals surface area contributed by atoms with Crippen LogP contribution in [0.4, 0.5) is 0 Å². The topological polar surface area (TPSA) is 72.8 Å². The summed E-state index contributed by atoms with van der Waals surface area (Å²) in [5, 5.41) is 0. The number of rotatable bonds is 7. The van der Waals surface area contributed by atoms with Crippen molar-refractivity contribution >= 4 is 13.6 Å². The van der Waals surface area contributed by atoms with E-state index in [4.69, 9.17) is 4.52 Å². The molecule has 0 fully saturated rings. The predicted molar refractivity (Wildman–Crippen MR) is 92.2 cm³/mol. The van der Waals surface area contributed by atoms with Crippen molar-refractivity contribution in [3.8, 4) is 0 Å². The van der Waals surface area contributed by atoms with Crippen molar-refractivity contribution in [2.75, 3.05) is 13.7 Å². The Kier molecular flexibility index (Phi) is 6.32. The fourth-order valence-electron chi connectivity index (χ4n) is 2.35. The number of hydrogen-bond donors (Lipinski definition) is 1. The minimum atomic E-state index is -3.56. The summed E-state index contributed by atoms with van der Waals surface area (Å²) in [6.45, 7) is 1.91. The summed E-state index contributed by atoms with van der Waals surface area (Å²) in [6, 6.07) is 14.8. The third kappa shape index (κ3) is 5.31. The van der Waals surface area contributed by atoms with Crippen molar-refractivity contribution in [3.63, 3.8) is 0 Å². The Morgan fingerprint density at radius 1 is 1.00 bits per heavy atom. The summed E-state index contributed by atoms with van der Waals surface area (Å²) in [7, 11) is -2.20. The van der Waals surface area contributed by atoms with Gasteiger partial charge in [-0.15, -0.1) is 0 Å². The second-order valence-corrected chi connectivity index (χ2v) is 7.24. The van der Waals surface area contributed by atoms with Gasteiger partial charge in [-0.2, -0.15) is 0 Å². The maximum absolute atomic E-state index is 11.8. The van der Waals surface area contributed by atoms with Crippen LogP contribution >= 0.6 is 7.60 Å². The molecule has 6 heteroatoms. The van der Waals surface area contributed by atoms with Crippen LogP contribution in [-0.2, 0) is 26.4 Å². The molecular formula is C18H21O5P. The summed E-state index contributed by atoms with van der Waals surface area (Å²) in [6.07, 6.45) is 0.721. The molecule has 128 valence electrons. The van der Waals surface area contributed by atoms with Crippen molar-refractivity contribution in [3.05, 3.63) is 70.8 Å². The van der Waals surface area contributed by atoms with E-state index in [1.165, 1.54) is 7.11 Å². The Morgan fingerprint density at radius 2 is 1.50 bits per heavy atom. The molecule has 0 aromatic heterocycles. The number of ether oxygens (including phenoxy) is 1. The largest absolute Gasteiger partial charge is 0.465 e. The lowest BCUT2D eigenvalue weighted by Crippen LogP contribution is -2.01. The van der Waals surface area contributed by atoms with Crippen LogP contribution in [0.25, 0.3) is 0 Å². The van der Waals surface area contributed by atoms with E-state index < -0.39 is 7.60 Å². The molecule has 0 amide bonds. The zero-order valence-corrected chi connectivity index (χ0v) is 14.7. The van der Waals surface area contributed by atoms with E-state index in [9.17, 15) is 14.3 Å². The normalized spacial score (nSPS) is 13.3. The smallest absolute Gasteiger partial charge is 0.337 e. The monoisotopic (exact) mass is 348 g/mol. The number of esters is 1. The van der Waals surface area contributed by atoms with E-state index in [0.717, 1.165) is 16.7 Å². The van der Waals surface area contributed by atoms with E-state index in [0.29, 0.717) is 12.0 Å². The van der Waals surface area contributed by atoms with Gasteiger partial charge in [-0.1, -0.05) is 36.4 Å². The molecule has 5 nitrogen and oxygen atoms in total. The first kappa shape index (κ1) is 18.4. The van der Waals surface area contributed by atoms with Gasteiger partial charge in [-0.3, -0.25) is 4.57 Å². The van der Waals surface area contributed by atoms with Crippen LogP contribution in [-0.4, -0.2) is 24.6 Å². The highest BCUT2D eigenvalue weighted by Gasteiger charge is 2.18. The zero-order valence-electron chi connectivity index (χ0n) is 13.8. The van der Waals surface area contributed by atoms with Gasteiger partial charge in [0.15, 0.2) is 0 Å². The highest BCUT2D eigenvalue weighted by Crippen LogP contribution is 2.45. The maximum atomic E-state index is 11.8. The summed E-state index contributed by atoms with van der Waals surface area (Å²) in [5.41, 5.74) is 3.43. The highest BCUT2D eigenvalue weighted by molar-refractivity contribution is 7.51. The molecule has 2 rings (SSSR count). The van der Waals surface area contributed by atoms with Crippen molar-refractivity contribution in [2.45, 2.75) is 19.5 Å². The molecule has 0 heterocycles. The number of benzene rings is 2. The van der Waals surface area contributed by atoms with Crippen LogP contribution < -0.4 is 0 Å². The lowest BCUT2D eigenvalue weighted by atomic mass is 10.0. The van der Waals surface area contributed by atoms with Crippen LogP contribution in [0.3, 0.4) is 0 Å². The molecule has 2 aromatic carbocycles. The molecule has 0 aliphatic heterocycles. The molecule has 0 spiro atoms. The fraction of sp³-hybridized carbons (Fsp3) is 0.278. The molecule has 0 aliphatic rings. The van der Waals surface area contributed by atoms with Crippen LogP contribution in [0.2, 0.25) is 0 Å². The Morgan fingerprint density at radius 3 is 2.00 bits per heavy atom. The van der Waals surface area contributed by atoms with Gasteiger partial charge < -0.3 is 14.2 Å². The quantitative estimate of drug-likeness (QED) is 0.609. The van der Waals surface area contributed by atoms with E-state index in [1.54, 1.807) is 19.1 Å². The molecule has 0 bridgehead atoms. The second-order valence-electron chi connectivity index (χ2n) is 5.40.